The Morgan fingerprint density at radius 2 is 1.64 bits per heavy atom. The monoisotopic (exact) mass is 299 g/mol. The molecule has 114 valence electrons. The van der Waals surface area contributed by atoms with Crippen molar-refractivity contribution >= 4 is 0 Å². The molecule has 0 saturated carbocycles. The summed E-state index contributed by atoms with van der Waals surface area (Å²) in [7, 11) is 2.03. The van der Waals surface area contributed by atoms with Crippen LogP contribution < -0.4 is 0 Å². The molecule has 5 nitrogen and oxygen atoms in total. The van der Waals surface area contributed by atoms with Gasteiger partial charge in [0.25, 0.3) is 0 Å². The molecule has 1 aliphatic carbocycles. The van der Waals surface area contributed by atoms with E-state index in [9.17, 15) is 20.4 Å². The van der Waals surface area contributed by atoms with Crippen LogP contribution in [0.4, 0.5) is 0 Å². The third-order valence-corrected chi connectivity index (χ3v) is 4.89. The highest BCUT2D eigenvalue weighted by Crippen LogP contribution is 2.53. The van der Waals surface area contributed by atoms with Crippen LogP contribution in [0.15, 0.2) is 18.2 Å². The number of hydrogen-bond donors (Lipinski definition) is 4. The highest BCUT2D eigenvalue weighted by atomic mass is 16.3. The van der Waals surface area contributed by atoms with E-state index in [1.165, 1.54) is 6.07 Å². The van der Waals surface area contributed by atoms with E-state index in [-0.39, 0.29) is 29.0 Å². The molecule has 1 aliphatic heterocycles. The molecule has 0 fully saturated rings. The van der Waals surface area contributed by atoms with Crippen LogP contribution in [0, 0.1) is 0 Å². The van der Waals surface area contributed by atoms with Crippen LogP contribution in [0.5, 0.6) is 23.0 Å². The normalized spacial score (nSPS) is 19.6. The number of likely N-dealkylation sites (N-methyl/N-ethyl adjacent to an activating group) is 1. The third kappa shape index (κ3) is 1.63. The Kier molecular flexibility index (Phi) is 2.60. The molecule has 2 aromatic rings. The molecule has 1 atom stereocenters. The zero-order valence-electron chi connectivity index (χ0n) is 12.2. The van der Waals surface area contributed by atoms with Gasteiger partial charge in [0.15, 0.2) is 23.0 Å². The second-order valence-corrected chi connectivity index (χ2v) is 6.14. The summed E-state index contributed by atoms with van der Waals surface area (Å²) in [5, 5.41) is 40.0. The molecule has 4 N–H and O–H groups in total. The predicted molar refractivity (Wildman–Crippen MR) is 81.3 cm³/mol. The molecule has 0 spiro atoms. The van der Waals surface area contributed by atoms with E-state index in [4.69, 9.17) is 0 Å². The molecule has 1 heterocycles. The van der Waals surface area contributed by atoms with Crippen molar-refractivity contribution in [1.29, 1.82) is 0 Å². The Morgan fingerprint density at radius 1 is 0.955 bits per heavy atom. The molecule has 5 heteroatoms. The molecular weight excluding hydrogens is 282 g/mol. The van der Waals surface area contributed by atoms with Crippen molar-refractivity contribution in [2.45, 2.75) is 18.9 Å². The molecule has 1 unspecified atom stereocenters. The Morgan fingerprint density at radius 3 is 2.41 bits per heavy atom. The van der Waals surface area contributed by atoms with Gasteiger partial charge in [-0.1, -0.05) is 0 Å². The first-order valence-corrected chi connectivity index (χ1v) is 7.30. The molecule has 0 saturated heterocycles. The number of rotatable bonds is 0. The van der Waals surface area contributed by atoms with Crippen LogP contribution in [0.2, 0.25) is 0 Å². The van der Waals surface area contributed by atoms with Crippen LogP contribution in [0.25, 0.3) is 11.1 Å². The minimum Gasteiger partial charge on any atom is -0.504 e. The van der Waals surface area contributed by atoms with E-state index in [0.717, 1.165) is 29.7 Å². The van der Waals surface area contributed by atoms with Crippen molar-refractivity contribution in [3.63, 3.8) is 0 Å². The summed E-state index contributed by atoms with van der Waals surface area (Å²) in [6, 6.07) is 4.74. The lowest BCUT2D eigenvalue weighted by atomic mass is 9.76. The Balaban J connectivity index is 2.09. The highest BCUT2D eigenvalue weighted by molar-refractivity contribution is 5.84. The second kappa shape index (κ2) is 4.30. The number of phenolic OH excluding ortho intramolecular Hbond substituents is 4. The van der Waals surface area contributed by atoms with E-state index >= 15 is 0 Å². The lowest BCUT2D eigenvalue weighted by Gasteiger charge is -2.40. The van der Waals surface area contributed by atoms with E-state index in [0.29, 0.717) is 17.5 Å². The second-order valence-electron chi connectivity index (χ2n) is 6.14. The summed E-state index contributed by atoms with van der Waals surface area (Å²) in [6.45, 7) is 0.876. The van der Waals surface area contributed by atoms with Crippen molar-refractivity contribution in [3.8, 4) is 34.1 Å². The van der Waals surface area contributed by atoms with Gasteiger partial charge in [-0.2, -0.15) is 0 Å². The number of fused-ring (bicyclic) bond motifs is 2. The minimum atomic E-state index is -0.224. The van der Waals surface area contributed by atoms with Crippen LogP contribution in [0.3, 0.4) is 0 Å². The zero-order valence-corrected chi connectivity index (χ0v) is 12.2. The topological polar surface area (TPSA) is 84.2 Å². The summed E-state index contributed by atoms with van der Waals surface area (Å²) >= 11 is 0. The van der Waals surface area contributed by atoms with E-state index in [1.807, 2.05) is 7.05 Å². The Labute approximate surface area is 127 Å². The van der Waals surface area contributed by atoms with Gasteiger partial charge >= 0.3 is 0 Å². The van der Waals surface area contributed by atoms with Crippen LogP contribution in [0.1, 0.15) is 22.7 Å². The molecule has 0 amide bonds. The number of phenols is 4. The van der Waals surface area contributed by atoms with E-state index in [1.54, 1.807) is 12.1 Å². The Hall–Kier alpha value is -2.40. The average Bonchev–Trinajstić information content (AvgIpc) is 2.48. The maximum atomic E-state index is 10.4. The molecule has 2 aliphatic rings. The largest absolute Gasteiger partial charge is 0.504 e. The lowest BCUT2D eigenvalue weighted by Crippen LogP contribution is -2.35. The molecular formula is C17H17NO4. The lowest BCUT2D eigenvalue weighted by molar-refractivity contribution is 0.226. The van der Waals surface area contributed by atoms with Crippen molar-refractivity contribution in [2.75, 3.05) is 13.6 Å². The quantitative estimate of drug-likeness (QED) is 0.561. The first-order valence-electron chi connectivity index (χ1n) is 7.30. The summed E-state index contributed by atoms with van der Waals surface area (Å²) in [6.07, 6.45) is 1.51. The minimum absolute atomic E-state index is 0.0988. The van der Waals surface area contributed by atoms with Gasteiger partial charge in [-0.05, 0) is 60.3 Å². The Bertz CT molecular complexity index is 800. The molecule has 0 radical (unpaired) electrons. The van der Waals surface area contributed by atoms with Gasteiger partial charge in [0, 0.05) is 18.2 Å². The molecule has 4 rings (SSSR count). The summed E-state index contributed by atoms with van der Waals surface area (Å²) in [5.41, 5.74) is 4.15. The number of benzene rings is 2. The summed E-state index contributed by atoms with van der Waals surface area (Å²) in [5.74, 6) is -0.694. The van der Waals surface area contributed by atoms with E-state index in [2.05, 4.69) is 4.90 Å². The average molecular weight is 299 g/mol. The SMILES string of the molecule is CN1CCc2cc(O)c(O)c3c2C1Cc1cc(O)c(O)cc1-3. The molecule has 2 aromatic carbocycles. The van der Waals surface area contributed by atoms with E-state index < -0.39 is 0 Å². The molecule has 22 heavy (non-hydrogen) atoms. The van der Waals surface area contributed by atoms with Crippen molar-refractivity contribution in [1.82, 2.24) is 4.90 Å². The smallest absolute Gasteiger partial charge is 0.165 e. The van der Waals surface area contributed by atoms with Gasteiger partial charge in [-0.15, -0.1) is 0 Å². The van der Waals surface area contributed by atoms with Gasteiger partial charge in [0.1, 0.15) is 0 Å². The van der Waals surface area contributed by atoms with Gasteiger partial charge in [-0.3, -0.25) is 4.90 Å². The van der Waals surface area contributed by atoms with Gasteiger partial charge in [-0.25, -0.2) is 0 Å². The zero-order chi connectivity index (χ0) is 15.6. The fourth-order valence-electron chi connectivity index (χ4n) is 3.75. The van der Waals surface area contributed by atoms with Gasteiger partial charge in [0.2, 0.25) is 0 Å². The third-order valence-electron chi connectivity index (χ3n) is 4.89. The predicted octanol–water partition coefficient (Wildman–Crippen LogP) is 2.26. The maximum absolute atomic E-state index is 10.4. The first-order chi connectivity index (χ1) is 10.5. The number of nitrogens with zero attached hydrogens (tertiary/aromatic N) is 1. The summed E-state index contributed by atoms with van der Waals surface area (Å²) < 4.78 is 0. The van der Waals surface area contributed by atoms with Crippen molar-refractivity contribution in [3.05, 3.63) is 34.9 Å². The summed E-state index contributed by atoms with van der Waals surface area (Å²) in [4.78, 5) is 2.22. The molecule has 0 bridgehead atoms. The van der Waals surface area contributed by atoms with Crippen LogP contribution >= 0.6 is 0 Å². The van der Waals surface area contributed by atoms with Crippen molar-refractivity contribution in [2.24, 2.45) is 0 Å². The number of aromatic hydroxyl groups is 4. The van der Waals surface area contributed by atoms with Gasteiger partial charge < -0.3 is 20.4 Å². The van der Waals surface area contributed by atoms with Gasteiger partial charge in [0.05, 0.1) is 0 Å². The fraction of sp³-hybridized carbons (Fsp3) is 0.294. The maximum Gasteiger partial charge on any atom is 0.165 e. The van der Waals surface area contributed by atoms with Crippen LogP contribution in [-0.4, -0.2) is 38.9 Å². The van der Waals surface area contributed by atoms with Crippen molar-refractivity contribution < 1.29 is 20.4 Å². The molecule has 0 aromatic heterocycles. The first kappa shape index (κ1) is 13.3. The standard InChI is InChI=1S/C17H17NO4/c1-18-3-2-8-5-14(21)17(22)16-10-7-13(20)12(19)6-9(10)4-11(18)15(8)16/h5-7,11,19-22H,2-4H2,1H3. The highest BCUT2D eigenvalue weighted by Gasteiger charge is 2.36. The van der Waals surface area contributed by atoms with Crippen LogP contribution in [-0.2, 0) is 12.8 Å². The fourth-order valence-corrected chi connectivity index (χ4v) is 3.75. The number of hydrogen-bond acceptors (Lipinski definition) is 5.